The highest BCUT2D eigenvalue weighted by atomic mass is 19.1. The van der Waals surface area contributed by atoms with Crippen LogP contribution in [0.1, 0.15) is 54.1 Å². The van der Waals surface area contributed by atoms with Crippen LogP contribution in [0.3, 0.4) is 0 Å². The maximum atomic E-state index is 14.8. The zero-order valence-corrected chi connectivity index (χ0v) is 19.7. The van der Waals surface area contributed by atoms with Crippen molar-refractivity contribution in [2.75, 3.05) is 23.7 Å². The maximum absolute atomic E-state index is 14.8. The van der Waals surface area contributed by atoms with Crippen molar-refractivity contribution in [3.63, 3.8) is 0 Å². The highest BCUT2D eigenvalue weighted by molar-refractivity contribution is 5.80. The van der Waals surface area contributed by atoms with Gasteiger partial charge in [0.15, 0.2) is 17.3 Å². The highest BCUT2D eigenvalue weighted by Crippen LogP contribution is 2.55. The fraction of sp³-hybridized carbons (Fsp3) is 0.385. The first-order valence-corrected chi connectivity index (χ1v) is 12.4. The van der Waals surface area contributed by atoms with Gasteiger partial charge in [0.2, 0.25) is 5.95 Å². The minimum atomic E-state index is -0.694. The van der Waals surface area contributed by atoms with Crippen LogP contribution in [0, 0.1) is 11.2 Å². The Morgan fingerprint density at radius 1 is 1.11 bits per heavy atom. The van der Waals surface area contributed by atoms with Gasteiger partial charge in [-0.25, -0.2) is 9.37 Å². The minimum Gasteiger partial charge on any atom is -0.381 e. The molecule has 3 aliphatic rings. The lowest BCUT2D eigenvalue weighted by molar-refractivity contribution is 0.187. The summed E-state index contributed by atoms with van der Waals surface area (Å²) < 4.78 is 14.8. The summed E-state index contributed by atoms with van der Waals surface area (Å²) in [4.78, 5) is 26.9. The molecule has 9 nitrogen and oxygen atoms in total. The smallest absolute Gasteiger partial charge is 0.263 e. The number of aromatic nitrogens is 5. The second-order valence-corrected chi connectivity index (χ2v) is 10.5. The Bertz CT molecular complexity index is 1560. The van der Waals surface area contributed by atoms with E-state index in [4.69, 9.17) is 16.5 Å². The van der Waals surface area contributed by atoms with Gasteiger partial charge in [0, 0.05) is 36.3 Å². The van der Waals surface area contributed by atoms with E-state index in [1.54, 1.807) is 6.07 Å². The molecule has 4 heterocycles. The third-order valence-electron chi connectivity index (χ3n) is 8.70. The van der Waals surface area contributed by atoms with Crippen LogP contribution in [0.4, 0.5) is 16.2 Å². The minimum absolute atomic E-state index is 0.0258. The van der Waals surface area contributed by atoms with Crippen LogP contribution in [0.5, 0.6) is 0 Å². The summed E-state index contributed by atoms with van der Waals surface area (Å²) in [6, 6.07) is 10.1. The number of rotatable bonds is 3. The van der Waals surface area contributed by atoms with Crippen molar-refractivity contribution in [2.45, 2.75) is 43.6 Å². The molecule has 7 rings (SSSR count). The number of pyridine rings is 1. The molecule has 3 aromatic heterocycles. The molecule has 4 aromatic rings. The Labute approximate surface area is 206 Å². The van der Waals surface area contributed by atoms with Crippen molar-refractivity contribution >= 4 is 22.8 Å². The molecule has 1 aliphatic heterocycles. The van der Waals surface area contributed by atoms with Gasteiger partial charge in [-0.1, -0.05) is 24.3 Å². The fourth-order valence-corrected chi connectivity index (χ4v) is 6.48. The van der Waals surface area contributed by atoms with E-state index in [1.807, 2.05) is 0 Å². The molecule has 1 saturated carbocycles. The lowest BCUT2D eigenvalue weighted by Gasteiger charge is -2.42. The topological polar surface area (TPSA) is 143 Å². The molecular weight excluding hydrogens is 459 g/mol. The number of H-pyrrole nitrogens is 2. The van der Waals surface area contributed by atoms with E-state index in [0.29, 0.717) is 41.1 Å². The summed E-state index contributed by atoms with van der Waals surface area (Å²) in [6.07, 6.45) is 5.66. The molecule has 0 bridgehead atoms. The molecule has 2 fully saturated rings. The van der Waals surface area contributed by atoms with Gasteiger partial charge in [0.1, 0.15) is 5.39 Å². The van der Waals surface area contributed by atoms with Gasteiger partial charge >= 0.3 is 0 Å². The van der Waals surface area contributed by atoms with E-state index in [2.05, 4.69) is 49.3 Å². The molecule has 1 saturated heterocycles. The van der Waals surface area contributed by atoms with E-state index >= 15 is 0 Å². The summed E-state index contributed by atoms with van der Waals surface area (Å²) in [7, 11) is 0. The van der Waals surface area contributed by atoms with Gasteiger partial charge in [-0.2, -0.15) is 10.1 Å². The number of halogens is 1. The quantitative estimate of drug-likeness (QED) is 0.349. The monoisotopic (exact) mass is 486 g/mol. The highest BCUT2D eigenvalue weighted by Gasteiger charge is 2.51. The molecule has 1 atom stereocenters. The predicted octanol–water partition coefficient (Wildman–Crippen LogP) is 2.69. The van der Waals surface area contributed by atoms with E-state index in [9.17, 15) is 9.18 Å². The number of nitrogen functional groups attached to an aromatic ring is 1. The fourth-order valence-electron chi connectivity index (χ4n) is 6.48. The summed E-state index contributed by atoms with van der Waals surface area (Å²) in [6.45, 7) is 1.51. The second-order valence-electron chi connectivity index (χ2n) is 10.5. The van der Waals surface area contributed by atoms with Crippen molar-refractivity contribution < 1.29 is 4.39 Å². The molecular formula is C26H27FN8O. The van der Waals surface area contributed by atoms with Crippen LogP contribution >= 0.6 is 0 Å². The summed E-state index contributed by atoms with van der Waals surface area (Å²) in [5.41, 5.74) is 15.4. The number of hydrogen-bond donors (Lipinski definition) is 4. The van der Waals surface area contributed by atoms with Gasteiger partial charge in [0.25, 0.3) is 5.56 Å². The molecule has 0 unspecified atom stereocenters. The molecule has 1 aromatic carbocycles. The van der Waals surface area contributed by atoms with Crippen molar-refractivity contribution in [2.24, 2.45) is 11.1 Å². The lowest BCUT2D eigenvalue weighted by Crippen LogP contribution is -2.45. The molecule has 0 amide bonds. The van der Waals surface area contributed by atoms with Gasteiger partial charge < -0.3 is 16.4 Å². The third kappa shape index (κ3) is 2.90. The Balaban J connectivity index is 1.18. The Kier molecular flexibility index (Phi) is 4.39. The van der Waals surface area contributed by atoms with Crippen LogP contribution < -0.4 is 21.9 Å². The van der Waals surface area contributed by atoms with Gasteiger partial charge in [0.05, 0.1) is 5.69 Å². The van der Waals surface area contributed by atoms with Crippen molar-refractivity contribution in [3.8, 4) is 0 Å². The summed E-state index contributed by atoms with van der Waals surface area (Å²) >= 11 is 0. The lowest BCUT2D eigenvalue weighted by atomic mass is 9.73. The number of fused-ring (bicyclic) bond motifs is 2. The summed E-state index contributed by atoms with van der Waals surface area (Å²) in [5.74, 6) is -0.187. The first-order valence-electron chi connectivity index (χ1n) is 12.4. The van der Waals surface area contributed by atoms with E-state index in [-0.39, 0.29) is 22.8 Å². The standard InChI is InChI=1S/C26H27FN8O/c27-18-16(5-10-30-21(18)29)26(6-7-26)20-17-22(34-33-20)31-24(32-23(17)36)35-11-8-25(9-12-35)13-14-3-1-2-4-15(14)19(25)28/h1-5,10,19H,6-9,11-13,28H2,(H2,29,30)(H2,31,32,33,34,36)/t19-/m1/s1. The average molecular weight is 487 g/mol. The Morgan fingerprint density at radius 2 is 1.89 bits per heavy atom. The predicted molar refractivity (Wildman–Crippen MR) is 134 cm³/mol. The van der Waals surface area contributed by atoms with E-state index in [0.717, 1.165) is 32.4 Å². The third-order valence-corrected chi connectivity index (χ3v) is 8.70. The average Bonchev–Trinajstić information content (AvgIpc) is 3.48. The zero-order valence-electron chi connectivity index (χ0n) is 19.7. The van der Waals surface area contributed by atoms with Gasteiger partial charge in [-0.15, -0.1) is 0 Å². The van der Waals surface area contributed by atoms with E-state index in [1.165, 1.54) is 17.3 Å². The first kappa shape index (κ1) is 21.5. The van der Waals surface area contributed by atoms with Gasteiger partial charge in [-0.05, 0) is 54.7 Å². The molecule has 6 N–H and O–H groups in total. The Morgan fingerprint density at radius 3 is 2.64 bits per heavy atom. The number of aromatic amines is 2. The van der Waals surface area contributed by atoms with Crippen molar-refractivity contribution in [1.29, 1.82) is 0 Å². The van der Waals surface area contributed by atoms with Crippen LogP contribution in [0.2, 0.25) is 0 Å². The molecule has 2 aliphatic carbocycles. The van der Waals surface area contributed by atoms with Crippen molar-refractivity contribution in [3.05, 3.63) is 75.1 Å². The van der Waals surface area contributed by atoms with Gasteiger partial charge in [-0.3, -0.25) is 14.9 Å². The number of benzene rings is 1. The van der Waals surface area contributed by atoms with Crippen LogP contribution in [0.25, 0.3) is 11.0 Å². The molecule has 184 valence electrons. The number of nitrogens with one attached hydrogen (secondary N) is 2. The number of anilines is 2. The SMILES string of the molecule is Nc1nccc(C2(c3n[nH]c4nc(N5CCC6(CC5)Cc5ccccc5[C@H]6N)[nH]c(=O)c34)CC2)c1F. The number of nitrogens with two attached hydrogens (primary N) is 2. The maximum Gasteiger partial charge on any atom is 0.263 e. The van der Waals surface area contributed by atoms with Crippen LogP contribution in [-0.4, -0.2) is 38.2 Å². The largest absolute Gasteiger partial charge is 0.381 e. The molecule has 0 radical (unpaired) electrons. The van der Waals surface area contributed by atoms with Crippen LogP contribution in [0.15, 0.2) is 41.3 Å². The molecule has 36 heavy (non-hydrogen) atoms. The number of piperidine rings is 1. The first-order chi connectivity index (χ1) is 17.4. The van der Waals surface area contributed by atoms with Crippen LogP contribution in [-0.2, 0) is 11.8 Å². The second kappa shape index (κ2) is 7.36. The Hall–Kier alpha value is -3.79. The normalized spacial score (nSPS) is 21.7. The molecule has 10 heteroatoms. The summed E-state index contributed by atoms with van der Waals surface area (Å²) in [5, 5.41) is 7.74. The number of hydrogen-bond acceptors (Lipinski definition) is 7. The number of nitrogens with zero attached hydrogens (tertiary/aromatic N) is 4. The van der Waals surface area contributed by atoms with E-state index < -0.39 is 11.2 Å². The molecule has 1 spiro atoms. The van der Waals surface area contributed by atoms with Crippen molar-refractivity contribution in [1.82, 2.24) is 25.1 Å². The zero-order chi connectivity index (χ0) is 24.7.